The van der Waals surface area contributed by atoms with Crippen LogP contribution in [0.25, 0.3) is 0 Å². The van der Waals surface area contributed by atoms with Crippen LogP contribution in [0.5, 0.6) is 0 Å². The molecule has 31 heavy (non-hydrogen) atoms. The first-order chi connectivity index (χ1) is 14.9. The summed E-state index contributed by atoms with van der Waals surface area (Å²) in [6.45, 7) is 0.424. The summed E-state index contributed by atoms with van der Waals surface area (Å²) >= 11 is 1.24. The third kappa shape index (κ3) is 5.81. The van der Waals surface area contributed by atoms with Crippen molar-refractivity contribution in [3.05, 3.63) is 75.8 Å². The topological polar surface area (TPSA) is 117 Å². The number of rotatable bonds is 8. The summed E-state index contributed by atoms with van der Waals surface area (Å²) in [5.74, 6) is -0.748. The van der Waals surface area contributed by atoms with Gasteiger partial charge in [0.05, 0.1) is 4.92 Å². The lowest BCUT2D eigenvalue weighted by molar-refractivity contribution is -0.384. The molecule has 1 N–H and O–H groups in total. The number of ether oxygens (including phenoxy) is 3. The summed E-state index contributed by atoms with van der Waals surface area (Å²) in [6, 6.07) is 15.0. The highest BCUT2D eigenvalue weighted by atomic mass is 32.2. The minimum absolute atomic E-state index is 0.0705. The van der Waals surface area contributed by atoms with Crippen molar-refractivity contribution < 1.29 is 28.7 Å². The number of nitrogens with zero attached hydrogens (tertiary/aromatic N) is 1. The fourth-order valence-corrected chi connectivity index (χ4v) is 4.47. The first-order valence-electron chi connectivity index (χ1n) is 9.56. The summed E-state index contributed by atoms with van der Waals surface area (Å²) in [7, 11) is 1.55. The predicted octanol–water partition coefficient (Wildman–Crippen LogP) is 3.93. The fraction of sp³-hybridized carbons (Fsp3) is 0.333. The number of hydrogen-bond donors (Lipinski definition) is 1. The Morgan fingerprint density at radius 2 is 1.90 bits per heavy atom. The number of methoxy groups -OCH3 is 1. The Balaban J connectivity index is 1.60. The molecule has 1 fully saturated rings. The van der Waals surface area contributed by atoms with Crippen molar-refractivity contribution in [3.8, 4) is 0 Å². The van der Waals surface area contributed by atoms with Crippen molar-refractivity contribution in [1.82, 2.24) is 5.32 Å². The van der Waals surface area contributed by atoms with E-state index in [0.29, 0.717) is 18.5 Å². The van der Waals surface area contributed by atoms with Gasteiger partial charge in [0.15, 0.2) is 4.87 Å². The van der Waals surface area contributed by atoms with E-state index in [-0.39, 0.29) is 12.3 Å². The minimum Gasteiger partial charge on any atom is -0.429 e. The molecule has 0 saturated carbocycles. The van der Waals surface area contributed by atoms with E-state index in [1.54, 1.807) is 7.11 Å². The van der Waals surface area contributed by atoms with Gasteiger partial charge in [0.25, 0.3) is 5.69 Å². The number of esters is 1. The molecule has 1 unspecified atom stereocenters. The standard InChI is InChI=1S/C21H22N2O7S/c1-28-18(16-6-3-2-4-7-16)31-21(12-5-13-22-21)19(24)30-20(25)29-14-15-8-10-17(11-9-15)23(26)27/h2-4,6-11,18,22H,5,12-14H2,1H3/t18?,21-/m0/s1. The number of carbonyl (C=O) groups excluding carboxylic acids is 2. The monoisotopic (exact) mass is 446 g/mol. The molecule has 1 heterocycles. The zero-order valence-corrected chi connectivity index (χ0v) is 17.6. The maximum atomic E-state index is 12.9. The molecule has 0 amide bonds. The van der Waals surface area contributed by atoms with Crippen molar-refractivity contribution in [2.24, 2.45) is 0 Å². The number of hydrogen-bond acceptors (Lipinski definition) is 9. The highest BCUT2D eigenvalue weighted by Crippen LogP contribution is 2.43. The molecule has 9 nitrogen and oxygen atoms in total. The molecular weight excluding hydrogens is 424 g/mol. The van der Waals surface area contributed by atoms with Crippen LogP contribution in [0.4, 0.5) is 10.5 Å². The highest BCUT2D eigenvalue weighted by Gasteiger charge is 2.46. The number of nitro groups is 1. The van der Waals surface area contributed by atoms with Crippen LogP contribution in [0, 0.1) is 10.1 Å². The van der Waals surface area contributed by atoms with Gasteiger partial charge in [-0.25, -0.2) is 9.59 Å². The summed E-state index contributed by atoms with van der Waals surface area (Å²) in [5, 5.41) is 13.8. The van der Waals surface area contributed by atoms with E-state index >= 15 is 0 Å². The third-order valence-corrected chi connectivity index (χ3v) is 6.32. The lowest BCUT2D eigenvalue weighted by Gasteiger charge is -2.29. The fourth-order valence-electron chi connectivity index (χ4n) is 3.13. The molecule has 164 valence electrons. The van der Waals surface area contributed by atoms with Crippen molar-refractivity contribution in [1.29, 1.82) is 0 Å². The van der Waals surface area contributed by atoms with E-state index in [1.807, 2.05) is 30.3 Å². The van der Waals surface area contributed by atoms with E-state index in [0.717, 1.165) is 12.0 Å². The molecule has 0 radical (unpaired) electrons. The lowest BCUT2D eigenvalue weighted by Crippen LogP contribution is -2.47. The van der Waals surface area contributed by atoms with Gasteiger partial charge in [-0.1, -0.05) is 42.1 Å². The van der Waals surface area contributed by atoms with Crippen LogP contribution in [0.15, 0.2) is 54.6 Å². The van der Waals surface area contributed by atoms with Gasteiger partial charge in [-0.3, -0.25) is 15.4 Å². The second-order valence-corrected chi connectivity index (χ2v) is 8.17. The molecule has 1 saturated heterocycles. The summed E-state index contributed by atoms with van der Waals surface area (Å²) < 4.78 is 15.5. The Hall–Kier alpha value is -2.95. The van der Waals surface area contributed by atoms with Crippen LogP contribution >= 0.6 is 11.8 Å². The predicted molar refractivity (Wildman–Crippen MR) is 113 cm³/mol. The molecule has 0 aromatic heterocycles. The van der Waals surface area contributed by atoms with E-state index in [1.165, 1.54) is 36.0 Å². The summed E-state index contributed by atoms with van der Waals surface area (Å²) in [4.78, 5) is 34.0. The number of carbonyl (C=O) groups is 2. The van der Waals surface area contributed by atoms with Gasteiger partial charge in [-0.15, -0.1) is 0 Å². The zero-order chi connectivity index (χ0) is 22.3. The SMILES string of the molecule is COC(S[C@]1(C(=O)OC(=O)OCc2ccc([N+](=O)[O-])cc2)CCCN1)c1ccccc1. The normalized spacial score (nSPS) is 18.9. The molecule has 0 aliphatic carbocycles. The van der Waals surface area contributed by atoms with Gasteiger partial charge < -0.3 is 14.2 Å². The number of thioether (sulfide) groups is 1. The molecule has 2 aromatic rings. The molecule has 2 atom stereocenters. The second kappa shape index (κ2) is 10.4. The van der Waals surface area contributed by atoms with Gasteiger partial charge in [0, 0.05) is 19.2 Å². The smallest absolute Gasteiger partial charge is 0.429 e. The Morgan fingerprint density at radius 1 is 1.19 bits per heavy atom. The molecule has 3 rings (SSSR count). The molecular formula is C21H22N2O7S. The summed E-state index contributed by atoms with van der Waals surface area (Å²) in [6.07, 6.45) is 0.0787. The van der Waals surface area contributed by atoms with E-state index in [4.69, 9.17) is 14.2 Å². The second-order valence-electron chi connectivity index (χ2n) is 6.81. The van der Waals surface area contributed by atoms with Gasteiger partial charge in [0.1, 0.15) is 12.0 Å². The number of benzene rings is 2. The quantitative estimate of drug-likeness (QED) is 0.212. The zero-order valence-electron chi connectivity index (χ0n) is 16.8. The number of nitrogens with one attached hydrogen (secondary N) is 1. The van der Waals surface area contributed by atoms with Crippen LogP contribution in [-0.2, 0) is 25.6 Å². The van der Waals surface area contributed by atoms with Crippen LogP contribution in [0.2, 0.25) is 0 Å². The maximum absolute atomic E-state index is 12.9. The van der Waals surface area contributed by atoms with Crippen LogP contribution < -0.4 is 5.32 Å². The van der Waals surface area contributed by atoms with Gasteiger partial charge in [-0.2, -0.15) is 0 Å². The van der Waals surface area contributed by atoms with Crippen LogP contribution in [0.3, 0.4) is 0 Å². The van der Waals surface area contributed by atoms with Crippen molar-refractivity contribution in [2.45, 2.75) is 29.8 Å². The van der Waals surface area contributed by atoms with Crippen molar-refractivity contribution >= 4 is 29.6 Å². The molecule has 1 aliphatic rings. The largest absolute Gasteiger partial charge is 0.516 e. The highest BCUT2D eigenvalue weighted by molar-refractivity contribution is 8.01. The third-order valence-electron chi connectivity index (χ3n) is 4.72. The average Bonchev–Trinajstić information content (AvgIpc) is 3.27. The van der Waals surface area contributed by atoms with Crippen LogP contribution in [0.1, 0.15) is 29.4 Å². The molecule has 10 heteroatoms. The molecule has 0 spiro atoms. The first kappa shape index (κ1) is 22.7. The molecule has 2 aromatic carbocycles. The molecule has 1 aliphatic heterocycles. The lowest BCUT2D eigenvalue weighted by atomic mass is 10.2. The van der Waals surface area contributed by atoms with Crippen molar-refractivity contribution in [3.63, 3.8) is 0 Å². The number of nitro benzene ring substituents is 1. The van der Waals surface area contributed by atoms with E-state index < -0.39 is 27.4 Å². The number of non-ortho nitro benzene ring substituents is 1. The summed E-state index contributed by atoms with van der Waals surface area (Å²) in [5.41, 5.74) is 0.910. The molecule has 0 bridgehead atoms. The van der Waals surface area contributed by atoms with Gasteiger partial charge in [0.2, 0.25) is 0 Å². The average molecular weight is 446 g/mol. The van der Waals surface area contributed by atoms with Crippen molar-refractivity contribution in [2.75, 3.05) is 13.7 Å². The minimum atomic E-state index is -1.14. The Bertz CT molecular complexity index is 915. The Morgan fingerprint density at radius 3 is 2.48 bits per heavy atom. The van der Waals surface area contributed by atoms with Crippen LogP contribution in [-0.4, -0.2) is 35.6 Å². The Kier molecular flexibility index (Phi) is 7.61. The van der Waals surface area contributed by atoms with Gasteiger partial charge in [-0.05, 0) is 42.6 Å². The van der Waals surface area contributed by atoms with E-state index in [2.05, 4.69) is 5.32 Å². The van der Waals surface area contributed by atoms with Gasteiger partial charge >= 0.3 is 12.1 Å². The Labute approximate surface area is 183 Å². The first-order valence-corrected chi connectivity index (χ1v) is 10.4. The van der Waals surface area contributed by atoms with E-state index in [9.17, 15) is 19.7 Å². The maximum Gasteiger partial charge on any atom is 0.516 e.